The standard InChI is InChI=1S/C16H15N3O3/c1-22-13-6-4-11(5-7-13)16(21)17-9-12-10-19-8-2-3-14(20)15(19)18-12/h2-8,10,20H,9H2,1H3,(H,17,21). The molecule has 3 rings (SSSR count). The minimum atomic E-state index is -0.191. The largest absolute Gasteiger partial charge is 0.504 e. The van der Waals surface area contributed by atoms with Gasteiger partial charge in [0.1, 0.15) is 5.75 Å². The number of hydrogen-bond acceptors (Lipinski definition) is 4. The van der Waals surface area contributed by atoms with Crippen molar-refractivity contribution in [2.75, 3.05) is 7.11 Å². The van der Waals surface area contributed by atoms with Gasteiger partial charge < -0.3 is 19.6 Å². The topological polar surface area (TPSA) is 75.9 Å². The van der Waals surface area contributed by atoms with Gasteiger partial charge >= 0.3 is 0 Å². The molecule has 0 aliphatic heterocycles. The van der Waals surface area contributed by atoms with Crippen molar-refractivity contribution in [1.29, 1.82) is 0 Å². The number of aromatic nitrogens is 2. The average molecular weight is 297 g/mol. The predicted molar refractivity (Wildman–Crippen MR) is 81.0 cm³/mol. The van der Waals surface area contributed by atoms with Crippen LogP contribution in [0.5, 0.6) is 11.5 Å². The van der Waals surface area contributed by atoms with Crippen LogP contribution >= 0.6 is 0 Å². The van der Waals surface area contributed by atoms with Gasteiger partial charge in [-0.25, -0.2) is 4.98 Å². The highest BCUT2D eigenvalue weighted by molar-refractivity contribution is 5.94. The SMILES string of the molecule is COc1ccc(C(=O)NCc2cn3cccc(O)c3n2)cc1. The predicted octanol–water partition coefficient (Wildman–Crippen LogP) is 1.98. The minimum Gasteiger partial charge on any atom is -0.504 e. The summed E-state index contributed by atoms with van der Waals surface area (Å²) in [5.74, 6) is 0.617. The summed E-state index contributed by atoms with van der Waals surface area (Å²) in [6.45, 7) is 0.284. The molecular formula is C16H15N3O3. The van der Waals surface area contributed by atoms with Crippen LogP contribution in [0, 0.1) is 0 Å². The van der Waals surface area contributed by atoms with Crippen molar-refractivity contribution in [3.63, 3.8) is 0 Å². The second-order valence-electron chi connectivity index (χ2n) is 4.77. The Morgan fingerprint density at radius 3 is 2.77 bits per heavy atom. The Morgan fingerprint density at radius 2 is 2.09 bits per heavy atom. The fourth-order valence-electron chi connectivity index (χ4n) is 2.15. The van der Waals surface area contributed by atoms with Gasteiger partial charge in [-0.1, -0.05) is 0 Å². The number of nitrogens with one attached hydrogen (secondary N) is 1. The number of imidazole rings is 1. The smallest absolute Gasteiger partial charge is 0.251 e. The first-order valence-electron chi connectivity index (χ1n) is 6.75. The van der Waals surface area contributed by atoms with Crippen LogP contribution in [-0.4, -0.2) is 27.5 Å². The highest BCUT2D eigenvalue weighted by atomic mass is 16.5. The highest BCUT2D eigenvalue weighted by Gasteiger charge is 2.08. The van der Waals surface area contributed by atoms with Crippen molar-refractivity contribution >= 4 is 11.6 Å². The van der Waals surface area contributed by atoms with Gasteiger partial charge in [0.2, 0.25) is 0 Å². The van der Waals surface area contributed by atoms with Gasteiger partial charge in [-0.3, -0.25) is 4.79 Å². The van der Waals surface area contributed by atoms with Crippen molar-refractivity contribution in [3.05, 3.63) is 60.0 Å². The van der Waals surface area contributed by atoms with E-state index < -0.39 is 0 Å². The van der Waals surface area contributed by atoms with Crippen molar-refractivity contribution in [1.82, 2.24) is 14.7 Å². The summed E-state index contributed by atoms with van der Waals surface area (Å²) in [5, 5.41) is 12.5. The molecule has 2 N–H and O–H groups in total. The lowest BCUT2D eigenvalue weighted by Gasteiger charge is -2.04. The number of ether oxygens (including phenoxy) is 1. The number of amides is 1. The Labute approximate surface area is 127 Å². The van der Waals surface area contributed by atoms with E-state index in [0.29, 0.717) is 22.7 Å². The third-order valence-corrected chi connectivity index (χ3v) is 3.29. The summed E-state index contributed by atoms with van der Waals surface area (Å²) in [4.78, 5) is 16.3. The van der Waals surface area contributed by atoms with Crippen LogP contribution in [0.15, 0.2) is 48.8 Å². The molecule has 0 radical (unpaired) electrons. The first kappa shape index (κ1) is 13.9. The van der Waals surface area contributed by atoms with Gasteiger partial charge in [0.15, 0.2) is 11.4 Å². The summed E-state index contributed by atoms with van der Waals surface area (Å²) >= 11 is 0. The Hall–Kier alpha value is -3.02. The zero-order valence-corrected chi connectivity index (χ0v) is 12.0. The molecule has 22 heavy (non-hydrogen) atoms. The van der Waals surface area contributed by atoms with E-state index >= 15 is 0 Å². The van der Waals surface area contributed by atoms with Crippen molar-refractivity contribution in [2.45, 2.75) is 6.54 Å². The number of fused-ring (bicyclic) bond motifs is 1. The van der Waals surface area contributed by atoms with E-state index in [4.69, 9.17) is 4.74 Å². The molecule has 0 bridgehead atoms. The molecule has 6 heteroatoms. The van der Waals surface area contributed by atoms with Crippen molar-refractivity contribution in [2.24, 2.45) is 0 Å². The minimum absolute atomic E-state index is 0.107. The van der Waals surface area contributed by atoms with Gasteiger partial charge in [-0.15, -0.1) is 0 Å². The molecule has 0 fully saturated rings. The van der Waals surface area contributed by atoms with E-state index in [1.54, 1.807) is 60.3 Å². The van der Waals surface area contributed by atoms with Gasteiger partial charge in [-0.05, 0) is 36.4 Å². The molecule has 0 unspecified atom stereocenters. The summed E-state index contributed by atoms with van der Waals surface area (Å²) < 4.78 is 6.77. The Bertz CT molecular complexity index is 809. The van der Waals surface area contributed by atoms with E-state index in [-0.39, 0.29) is 18.2 Å². The molecule has 2 heterocycles. The molecule has 1 amide bonds. The lowest BCUT2D eigenvalue weighted by atomic mass is 10.2. The van der Waals surface area contributed by atoms with Crippen LogP contribution in [0.1, 0.15) is 16.1 Å². The third-order valence-electron chi connectivity index (χ3n) is 3.29. The van der Waals surface area contributed by atoms with Crippen LogP contribution in [0.4, 0.5) is 0 Å². The summed E-state index contributed by atoms with van der Waals surface area (Å²) in [5.41, 5.74) is 1.69. The second kappa shape index (κ2) is 5.77. The van der Waals surface area contributed by atoms with Crippen molar-refractivity contribution < 1.29 is 14.6 Å². The quantitative estimate of drug-likeness (QED) is 0.772. The van der Waals surface area contributed by atoms with Crippen LogP contribution in [-0.2, 0) is 6.54 Å². The van der Waals surface area contributed by atoms with Gasteiger partial charge in [0.25, 0.3) is 5.91 Å². The van der Waals surface area contributed by atoms with E-state index in [1.165, 1.54) is 0 Å². The lowest BCUT2D eigenvalue weighted by molar-refractivity contribution is 0.0950. The third kappa shape index (κ3) is 2.71. The van der Waals surface area contributed by atoms with Crippen LogP contribution in [0.3, 0.4) is 0 Å². The number of carbonyl (C=O) groups is 1. The van der Waals surface area contributed by atoms with Crippen molar-refractivity contribution in [3.8, 4) is 11.5 Å². The normalized spacial score (nSPS) is 10.6. The van der Waals surface area contributed by atoms with Crippen LogP contribution in [0.25, 0.3) is 5.65 Å². The first-order chi connectivity index (χ1) is 10.7. The number of methoxy groups -OCH3 is 1. The molecule has 0 saturated carbocycles. The summed E-state index contributed by atoms with van der Waals surface area (Å²) in [6.07, 6.45) is 3.56. The molecule has 0 saturated heterocycles. The monoisotopic (exact) mass is 297 g/mol. The molecule has 1 aromatic carbocycles. The number of nitrogens with zero attached hydrogens (tertiary/aromatic N) is 2. The molecule has 0 atom stereocenters. The molecule has 2 aromatic heterocycles. The number of benzene rings is 1. The number of pyridine rings is 1. The molecule has 6 nitrogen and oxygen atoms in total. The lowest BCUT2D eigenvalue weighted by Crippen LogP contribution is -2.22. The zero-order chi connectivity index (χ0) is 15.5. The van der Waals surface area contributed by atoms with Gasteiger partial charge in [0.05, 0.1) is 19.3 Å². The summed E-state index contributed by atoms with van der Waals surface area (Å²) in [7, 11) is 1.58. The maximum Gasteiger partial charge on any atom is 0.251 e. The fourth-order valence-corrected chi connectivity index (χ4v) is 2.15. The van der Waals surface area contributed by atoms with E-state index in [0.717, 1.165) is 0 Å². The fraction of sp³-hybridized carbons (Fsp3) is 0.125. The average Bonchev–Trinajstić information content (AvgIpc) is 2.97. The Kier molecular flexibility index (Phi) is 3.65. The molecule has 0 aliphatic carbocycles. The van der Waals surface area contributed by atoms with Crippen LogP contribution in [0.2, 0.25) is 0 Å². The van der Waals surface area contributed by atoms with Gasteiger partial charge in [-0.2, -0.15) is 0 Å². The Morgan fingerprint density at radius 1 is 1.32 bits per heavy atom. The Balaban J connectivity index is 1.70. The van der Waals surface area contributed by atoms with E-state index in [2.05, 4.69) is 10.3 Å². The van der Waals surface area contributed by atoms with Crippen LogP contribution < -0.4 is 10.1 Å². The van der Waals surface area contributed by atoms with Gasteiger partial charge in [0, 0.05) is 18.0 Å². The molecule has 3 aromatic rings. The maximum atomic E-state index is 12.1. The van der Waals surface area contributed by atoms with E-state index in [1.807, 2.05) is 0 Å². The summed E-state index contributed by atoms with van der Waals surface area (Å²) in [6, 6.07) is 10.2. The second-order valence-corrected chi connectivity index (χ2v) is 4.77. The zero-order valence-electron chi connectivity index (χ0n) is 12.0. The maximum absolute atomic E-state index is 12.1. The number of hydrogen-bond donors (Lipinski definition) is 2. The number of aromatic hydroxyl groups is 1. The number of rotatable bonds is 4. The van der Waals surface area contributed by atoms with E-state index in [9.17, 15) is 9.90 Å². The highest BCUT2D eigenvalue weighted by Crippen LogP contribution is 2.17. The molecule has 112 valence electrons. The molecule has 0 spiro atoms. The first-order valence-corrected chi connectivity index (χ1v) is 6.75. The molecular weight excluding hydrogens is 282 g/mol. The number of carbonyl (C=O) groups excluding carboxylic acids is 1. The molecule has 0 aliphatic rings.